The van der Waals surface area contributed by atoms with E-state index in [2.05, 4.69) is 20.3 Å². The number of fused-ring (bicyclic) bond motifs is 2. The van der Waals surface area contributed by atoms with Crippen molar-refractivity contribution in [1.82, 2.24) is 35.0 Å². The third kappa shape index (κ3) is 4.33. The molecule has 0 spiro atoms. The fraction of sp³-hybridized carbons (Fsp3) is 0.240. The molecule has 1 aliphatic heterocycles. The number of hydrogen-bond donors (Lipinski definition) is 2. The van der Waals surface area contributed by atoms with Crippen molar-refractivity contribution in [2.75, 3.05) is 38.8 Å². The van der Waals surface area contributed by atoms with Crippen LogP contribution in [-0.4, -0.2) is 69.5 Å². The highest BCUT2D eigenvalue weighted by Crippen LogP contribution is 2.41. The van der Waals surface area contributed by atoms with Gasteiger partial charge in [0.15, 0.2) is 23.0 Å². The molecular weight excluding hydrogens is 531 g/mol. The summed E-state index contributed by atoms with van der Waals surface area (Å²) in [6.07, 6.45) is 3.66. The molecule has 0 atom stereocenters. The first-order valence-electron chi connectivity index (χ1n) is 11.7. The lowest BCUT2D eigenvalue weighted by atomic mass is 10.0. The highest BCUT2D eigenvalue weighted by atomic mass is 35.5. The standard InChI is InChI=1S/C25H22Cl2N8O3/c1-37-18-7-13(16(26)8-19(18)38-2)14-9-29-25(34-6-5-28-22(36)12-34)23-15(14)10-35(33-23)11-21-30-17-3-4-20(27)31-24(17)32-21/h3-4,7-10H,5-6,11-12H2,1-2H3,(H,28,36)(H,30,31,32). The molecule has 1 amide bonds. The number of nitrogens with zero attached hydrogens (tertiary/aromatic N) is 6. The fourth-order valence-electron chi connectivity index (χ4n) is 4.59. The summed E-state index contributed by atoms with van der Waals surface area (Å²) >= 11 is 12.7. The maximum Gasteiger partial charge on any atom is 0.239 e. The van der Waals surface area contributed by atoms with E-state index in [-0.39, 0.29) is 12.5 Å². The number of amides is 1. The number of imidazole rings is 1. The summed E-state index contributed by atoms with van der Waals surface area (Å²) in [5.74, 6) is 2.28. The molecule has 0 aliphatic carbocycles. The van der Waals surface area contributed by atoms with E-state index in [9.17, 15) is 4.79 Å². The van der Waals surface area contributed by atoms with Gasteiger partial charge in [0.05, 0.1) is 37.8 Å². The Morgan fingerprint density at radius 2 is 1.89 bits per heavy atom. The molecule has 194 valence electrons. The van der Waals surface area contributed by atoms with Gasteiger partial charge in [0.25, 0.3) is 0 Å². The summed E-state index contributed by atoms with van der Waals surface area (Å²) in [6, 6.07) is 7.07. The molecule has 5 heterocycles. The molecule has 0 saturated carbocycles. The van der Waals surface area contributed by atoms with Crippen LogP contribution in [0.2, 0.25) is 10.2 Å². The quantitative estimate of drug-likeness (QED) is 0.306. The van der Waals surface area contributed by atoms with Crippen molar-refractivity contribution in [1.29, 1.82) is 0 Å². The SMILES string of the molecule is COc1cc(Cl)c(-c2cnc(N3CCNC(=O)C3)c3nn(Cc4nc5nc(Cl)ccc5[nH]4)cc23)cc1OC. The second-order valence-electron chi connectivity index (χ2n) is 8.73. The number of carbonyl (C=O) groups is 1. The maximum atomic E-state index is 12.1. The molecule has 6 rings (SSSR count). The summed E-state index contributed by atoms with van der Waals surface area (Å²) in [5, 5.41) is 9.37. The van der Waals surface area contributed by atoms with Crippen LogP contribution in [0.25, 0.3) is 33.2 Å². The van der Waals surface area contributed by atoms with Gasteiger partial charge in [0, 0.05) is 48.1 Å². The summed E-state index contributed by atoms with van der Waals surface area (Å²) in [7, 11) is 3.13. The molecule has 1 saturated heterocycles. The largest absolute Gasteiger partial charge is 0.493 e. The second kappa shape index (κ2) is 9.66. The monoisotopic (exact) mass is 552 g/mol. The smallest absolute Gasteiger partial charge is 0.239 e. The third-order valence-corrected chi connectivity index (χ3v) is 6.88. The molecule has 13 heteroatoms. The van der Waals surface area contributed by atoms with E-state index >= 15 is 0 Å². The molecule has 4 aromatic heterocycles. The number of methoxy groups -OCH3 is 2. The van der Waals surface area contributed by atoms with Gasteiger partial charge in [-0.3, -0.25) is 9.48 Å². The van der Waals surface area contributed by atoms with Gasteiger partial charge in [-0.1, -0.05) is 23.2 Å². The van der Waals surface area contributed by atoms with Crippen molar-refractivity contribution >= 4 is 57.0 Å². The van der Waals surface area contributed by atoms with Crippen molar-refractivity contribution in [3.63, 3.8) is 0 Å². The number of nitrogens with one attached hydrogen (secondary N) is 2. The molecule has 38 heavy (non-hydrogen) atoms. The summed E-state index contributed by atoms with van der Waals surface area (Å²) < 4.78 is 12.7. The molecular formula is C25H22Cl2N8O3. The summed E-state index contributed by atoms with van der Waals surface area (Å²) in [4.78, 5) is 30.9. The Kier molecular flexibility index (Phi) is 6.16. The van der Waals surface area contributed by atoms with Crippen molar-refractivity contribution in [3.05, 3.63) is 52.7 Å². The van der Waals surface area contributed by atoms with Crippen molar-refractivity contribution in [2.24, 2.45) is 0 Å². The Morgan fingerprint density at radius 3 is 2.68 bits per heavy atom. The van der Waals surface area contributed by atoms with E-state index in [1.165, 1.54) is 0 Å². The van der Waals surface area contributed by atoms with Crippen LogP contribution in [0.15, 0.2) is 36.7 Å². The van der Waals surface area contributed by atoms with Gasteiger partial charge in [-0.05, 0) is 18.2 Å². The van der Waals surface area contributed by atoms with Crippen LogP contribution in [0.1, 0.15) is 5.82 Å². The van der Waals surface area contributed by atoms with Gasteiger partial charge in [-0.2, -0.15) is 5.10 Å². The molecule has 0 bridgehead atoms. The average Bonchev–Trinajstić information content (AvgIpc) is 3.51. The first-order valence-corrected chi connectivity index (χ1v) is 12.5. The predicted molar refractivity (Wildman–Crippen MR) is 144 cm³/mol. The number of rotatable bonds is 6. The zero-order chi connectivity index (χ0) is 26.4. The molecule has 0 unspecified atom stereocenters. The van der Waals surface area contributed by atoms with E-state index in [1.807, 2.05) is 23.2 Å². The topological polar surface area (TPSA) is 123 Å². The lowest BCUT2D eigenvalue weighted by Crippen LogP contribution is -2.48. The van der Waals surface area contributed by atoms with Gasteiger partial charge >= 0.3 is 0 Å². The Morgan fingerprint density at radius 1 is 1.08 bits per heavy atom. The highest BCUT2D eigenvalue weighted by Gasteiger charge is 2.24. The molecule has 2 N–H and O–H groups in total. The summed E-state index contributed by atoms with van der Waals surface area (Å²) in [5.41, 5.74) is 3.43. The van der Waals surface area contributed by atoms with Gasteiger partial charge in [-0.25, -0.2) is 15.0 Å². The molecule has 1 aromatic carbocycles. The van der Waals surface area contributed by atoms with Crippen molar-refractivity contribution in [2.45, 2.75) is 6.54 Å². The van der Waals surface area contributed by atoms with Crippen LogP contribution >= 0.6 is 23.2 Å². The Balaban J connectivity index is 1.49. The third-order valence-electron chi connectivity index (χ3n) is 6.35. The van der Waals surface area contributed by atoms with Crippen molar-refractivity contribution < 1.29 is 14.3 Å². The van der Waals surface area contributed by atoms with Crippen LogP contribution in [-0.2, 0) is 11.3 Å². The Bertz CT molecular complexity index is 1700. The van der Waals surface area contributed by atoms with Gasteiger partial charge < -0.3 is 24.7 Å². The number of H-pyrrole nitrogens is 1. The number of piperazine rings is 1. The molecule has 1 aliphatic rings. The number of carbonyl (C=O) groups excluding carboxylic acids is 1. The van der Waals surface area contributed by atoms with Crippen LogP contribution in [0.5, 0.6) is 11.5 Å². The lowest BCUT2D eigenvalue weighted by molar-refractivity contribution is -0.120. The van der Waals surface area contributed by atoms with Gasteiger partial charge in [0.2, 0.25) is 5.91 Å². The lowest BCUT2D eigenvalue weighted by Gasteiger charge is -2.27. The van der Waals surface area contributed by atoms with Crippen LogP contribution in [0, 0.1) is 0 Å². The second-order valence-corrected chi connectivity index (χ2v) is 9.53. The van der Waals surface area contributed by atoms with E-state index in [0.29, 0.717) is 69.7 Å². The molecule has 1 fully saturated rings. The number of anilines is 1. The first-order chi connectivity index (χ1) is 18.4. The molecule has 5 aromatic rings. The fourth-order valence-corrected chi connectivity index (χ4v) is 4.99. The number of hydrogen-bond acceptors (Lipinski definition) is 8. The number of halogens is 2. The minimum Gasteiger partial charge on any atom is -0.493 e. The predicted octanol–water partition coefficient (Wildman–Crippen LogP) is 3.68. The molecule has 0 radical (unpaired) electrons. The number of aromatic amines is 1. The Labute approximate surface area is 226 Å². The zero-order valence-electron chi connectivity index (χ0n) is 20.5. The summed E-state index contributed by atoms with van der Waals surface area (Å²) in [6.45, 7) is 1.69. The number of ether oxygens (including phenoxy) is 2. The number of aromatic nitrogens is 6. The Hall–Kier alpha value is -4.09. The minimum atomic E-state index is -0.0638. The number of pyridine rings is 2. The number of benzene rings is 1. The van der Waals surface area contributed by atoms with E-state index in [1.54, 1.807) is 37.2 Å². The normalized spacial score (nSPS) is 13.8. The van der Waals surface area contributed by atoms with Crippen LogP contribution in [0.4, 0.5) is 5.82 Å². The van der Waals surface area contributed by atoms with Crippen molar-refractivity contribution in [3.8, 4) is 22.6 Å². The zero-order valence-corrected chi connectivity index (χ0v) is 22.0. The van der Waals surface area contributed by atoms with E-state index in [4.69, 9.17) is 42.8 Å². The molecule has 11 nitrogen and oxygen atoms in total. The first kappa shape index (κ1) is 24.3. The van der Waals surface area contributed by atoms with E-state index in [0.717, 1.165) is 16.5 Å². The van der Waals surface area contributed by atoms with Crippen LogP contribution in [0.3, 0.4) is 0 Å². The van der Waals surface area contributed by atoms with Gasteiger partial charge in [0.1, 0.15) is 16.5 Å². The van der Waals surface area contributed by atoms with Crippen LogP contribution < -0.4 is 19.7 Å². The highest BCUT2D eigenvalue weighted by molar-refractivity contribution is 6.34. The average molecular weight is 553 g/mol. The van der Waals surface area contributed by atoms with E-state index < -0.39 is 0 Å². The minimum absolute atomic E-state index is 0.0638. The maximum absolute atomic E-state index is 12.1. The van der Waals surface area contributed by atoms with Gasteiger partial charge in [-0.15, -0.1) is 0 Å².